The van der Waals surface area contributed by atoms with Crippen molar-refractivity contribution in [2.75, 3.05) is 19.7 Å². The molecule has 2 aliphatic heterocycles. The van der Waals surface area contributed by atoms with Crippen molar-refractivity contribution >= 4 is 14.4 Å². The van der Waals surface area contributed by atoms with E-state index in [-0.39, 0.29) is 11.6 Å². The van der Waals surface area contributed by atoms with E-state index in [0.717, 1.165) is 43.8 Å². The second kappa shape index (κ2) is 10.3. The van der Waals surface area contributed by atoms with E-state index < -0.39 is 13.9 Å². The monoisotopic (exact) mass is 496 g/mol. The molecule has 6 nitrogen and oxygen atoms in total. The van der Waals surface area contributed by atoms with Crippen LogP contribution in [0.3, 0.4) is 0 Å². The van der Waals surface area contributed by atoms with Gasteiger partial charge in [0, 0.05) is 24.2 Å². The first-order valence-electron chi connectivity index (χ1n) is 12.7. The molecule has 2 aliphatic rings. The molecule has 190 valence electrons. The molecular weight excluding hydrogens is 456 g/mol. The molecule has 0 spiro atoms. The summed E-state index contributed by atoms with van der Waals surface area (Å²) >= 11 is 0. The highest BCUT2D eigenvalue weighted by Crippen LogP contribution is 2.39. The maximum Gasteiger partial charge on any atom is 0.407 e. The van der Waals surface area contributed by atoms with Gasteiger partial charge in [-0.05, 0) is 88.5 Å². The molecule has 0 aromatic heterocycles. The second-order valence-electron chi connectivity index (χ2n) is 11.5. The third-order valence-electron chi connectivity index (χ3n) is 6.96. The Bertz CT molecular complexity index is 1040. The number of carbonyl (C=O) groups excluding carboxylic acids is 1. The zero-order valence-electron chi connectivity index (χ0n) is 21.8. The minimum Gasteiger partial charge on any atom is -0.493 e. The summed E-state index contributed by atoms with van der Waals surface area (Å²) in [4.78, 5) is 25.2. The first kappa shape index (κ1) is 25.7. The van der Waals surface area contributed by atoms with Crippen LogP contribution in [0.25, 0.3) is 0 Å². The number of hydrogen-bond donors (Lipinski definition) is 2. The highest BCUT2D eigenvalue weighted by Gasteiger charge is 2.38. The standard InChI is InChI=1S/C28H40N2O4Si/c1-28(2,3)34-27(31)29-17-20-7-6-8-23(15-20)22-11-13-30(14-12-22)18-21-9-10-25-24(16-21)26(19-33-25)35(4,5)32/h6-10,15-16,22,26,32H,11-14,17-19H2,1-5H3,(H,29,31). The summed E-state index contributed by atoms with van der Waals surface area (Å²) in [7, 11) is -2.29. The zero-order chi connectivity index (χ0) is 25.2. The molecule has 0 aliphatic carbocycles. The SMILES string of the molecule is CC(C)(C)OC(=O)NCc1cccc(C2CCN(Cc3ccc4c(c3)C([Si](C)(C)O)CO4)CC2)c1. The van der Waals surface area contributed by atoms with Crippen molar-refractivity contribution in [1.29, 1.82) is 0 Å². The third kappa shape index (κ3) is 6.87. The number of nitrogens with one attached hydrogen (secondary N) is 1. The molecule has 1 saturated heterocycles. The van der Waals surface area contributed by atoms with Gasteiger partial charge in [0.05, 0.1) is 6.61 Å². The smallest absolute Gasteiger partial charge is 0.407 e. The molecule has 7 heteroatoms. The van der Waals surface area contributed by atoms with Crippen LogP contribution in [0, 0.1) is 0 Å². The number of alkyl carbamates (subject to hydrolysis) is 1. The van der Waals surface area contributed by atoms with Crippen LogP contribution >= 0.6 is 0 Å². The fourth-order valence-electron chi connectivity index (χ4n) is 5.08. The number of carbonyl (C=O) groups is 1. The van der Waals surface area contributed by atoms with Crippen LogP contribution in [0.5, 0.6) is 5.75 Å². The van der Waals surface area contributed by atoms with Crippen LogP contribution < -0.4 is 10.1 Å². The Morgan fingerprint density at radius 3 is 2.57 bits per heavy atom. The molecule has 0 radical (unpaired) electrons. The fraction of sp³-hybridized carbons (Fsp3) is 0.536. The first-order chi connectivity index (χ1) is 16.5. The lowest BCUT2D eigenvalue weighted by atomic mass is 9.88. The molecule has 0 saturated carbocycles. The molecule has 4 rings (SSSR count). The molecular formula is C28H40N2O4Si. The third-order valence-corrected chi connectivity index (χ3v) is 9.14. The number of benzene rings is 2. The van der Waals surface area contributed by atoms with Gasteiger partial charge in [0.1, 0.15) is 11.4 Å². The Labute approximate surface area is 210 Å². The largest absolute Gasteiger partial charge is 0.493 e. The molecule has 2 aromatic carbocycles. The lowest BCUT2D eigenvalue weighted by Gasteiger charge is -2.32. The molecule has 2 N–H and O–H groups in total. The van der Waals surface area contributed by atoms with Gasteiger partial charge in [-0.25, -0.2) is 4.79 Å². The van der Waals surface area contributed by atoms with Gasteiger partial charge in [-0.2, -0.15) is 0 Å². The lowest BCUT2D eigenvalue weighted by molar-refractivity contribution is 0.0523. The van der Waals surface area contributed by atoms with Crippen LogP contribution in [-0.4, -0.2) is 49.4 Å². The van der Waals surface area contributed by atoms with Gasteiger partial charge >= 0.3 is 6.09 Å². The molecule has 35 heavy (non-hydrogen) atoms. The molecule has 1 fully saturated rings. The number of nitrogens with zero attached hydrogens (tertiary/aromatic N) is 1. The van der Waals surface area contributed by atoms with E-state index in [4.69, 9.17) is 9.47 Å². The predicted octanol–water partition coefficient (Wildman–Crippen LogP) is 5.30. The quantitative estimate of drug-likeness (QED) is 0.531. The summed E-state index contributed by atoms with van der Waals surface area (Å²) in [5.74, 6) is 1.47. The van der Waals surface area contributed by atoms with Crippen molar-refractivity contribution in [3.8, 4) is 5.75 Å². The van der Waals surface area contributed by atoms with Gasteiger partial charge in [0.15, 0.2) is 8.32 Å². The highest BCUT2D eigenvalue weighted by atomic mass is 28.4. The van der Waals surface area contributed by atoms with E-state index in [9.17, 15) is 9.59 Å². The number of likely N-dealkylation sites (tertiary alicyclic amines) is 1. The van der Waals surface area contributed by atoms with Gasteiger partial charge in [-0.3, -0.25) is 4.90 Å². The summed E-state index contributed by atoms with van der Waals surface area (Å²) in [6.45, 7) is 13.7. The Balaban J connectivity index is 1.30. The average molecular weight is 497 g/mol. The van der Waals surface area contributed by atoms with Crippen molar-refractivity contribution in [1.82, 2.24) is 10.2 Å². The van der Waals surface area contributed by atoms with Crippen LogP contribution in [0.15, 0.2) is 42.5 Å². The minimum atomic E-state index is -2.29. The number of rotatable bonds is 6. The van der Waals surface area contributed by atoms with E-state index in [1.165, 1.54) is 16.7 Å². The van der Waals surface area contributed by atoms with Crippen molar-refractivity contribution in [3.05, 3.63) is 64.7 Å². The summed E-state index contributed by atoms with van der Waals surface area (Å²) in [5.41, 5.74) is 4.59. The lowest BCUT2D eigenvalue weighted by Crippen LogP contribution is -2.36. The van der Waals surface area contributed by atoms with Gasteiger partial charge in [-0.1, -0.05) is 36.4 Å². The minimum absolute atomic E-state index is 0.153. The highest BCUT2D eigenvalue weighted by molar-refractivity contribution is 6.71. The first-order valence-corrected chi connectivity index (χ1v) is 15.8. The van der Waals surface area contributed by atoms with Gasteiger partial charge < -0.3 is 19.6 Å². The summed E-state index contributed by atoms with van der Waals surface area (Å²) < 4.78 is 11.2. The summed E-state index contributed by atoms with van der Waals surface area (Å²) in [5, 5.41) is 2.86. The van der Waals surface area contributed by atoms with Crippen LogP contribution in [-0.2, 0) is 17.8 Å². The van der Waals surface area contributed by atoms with E-state index in [1.54, 1.807) is 0 Å². The number of hydrogen-bond acceptors (Lipinski definition) is 5. The van der Waals surface area contributed by atoms with Gasteiger partial charge in [-0.15, -0.1) is 0 Å². The van der Waals surface area contributed by atoms with Crippen molar-refractivity contribution < 1.29 is 19.1 Å². The van der Waals surface area contributed by atoms with Crippen molar-refractivity contribution in [2.45, 2.75) is 76.9 Å². The molecule has 2 heterocycles. The topological polar surface area (TPSA) is 71.0 Å². The Morgan fingerprint density at radius 1 is 1.14 bits per heavy atom. The maximum atomic E-state index is 12.0. The molecule has 1 amide bonds. The number of fused-ring (bicyclic) bond motifs is 1. The van der Waals surface area contributed by atoms with Crippen molar-refractivity contribution in [3.63, 3.8) is 0 Å². The Hall–Kier alpha value is -2.35. The van der Waals surface area contributed by atoms with Crippen molar-refractivity contribution in [2.24, 2.45) is 0 Å². The Kier molecular flexibility index (Phi) is 7.59. The van der Waals surface area contributed by atoms with E-state index >= 15 is 0 Å². The van der Waals surface area contributed by atoms with Gasteiger partial charge in [0.25, 0.3) is 0 Å². The molecule has 1 atom stereocenters. The zero-order valence-corrected chi connectivity index (χ0v) is 22.8. The number of ether oxygens (including phenoxy) is 2. The second-order valence-corrected chi connectivity index (χ2v) is 15.5. The molecule has 2 aromatic rings. The van der Waals surface area contributed by atoms with Crippen LogP contribution in [0.2, 0.25) is 13.1 Å². The molecule has 0 bridgehead atoms. The number of amides is 1. The van der Waals surface area contributed by atoms with E-state index in [0.29, 0.717) is 19.1 Å². The van der Waals surface area contributed by atoms with Crippen LogP contribution in [0.1, 0.15) is 67.3 Å². The number of piperidine rings is 1. The maximum absolute atomic E-state index is 12.0. The molecule has 1 unspecified atom stereocenters. The summed E-state index contributed by atoms with van der Waals surface area (Å²) in [6.07, 6.45) is 1.86. The Morgan fingerprint density at radius 2 is 1.89 bits per heavy atom. The average Bonchev–Trinajstić information content (AvgIpc) is 3.21. The van der Waals surface area contributed by atoms with Crippen LogP contribution in [0.4, 0.5) is 4.79 Å². The van der Waals surface area contributed by atoms with Gasteiger partial charge in [0.2, 0.25) is 0 Å². The fourth-order valence-corrected chi connectivity index (χ4v) is 6.55. The normalized spacial score (nSPS) is 19.2. The van der Waals surface area contributed by atoms with E-state index in [1.807, 2.05) is 33.9 Å². The van der Waals surface area contributed by atoms with E-state index in [2.05, 4.69) is 52.7 Å². The predicted molar refractivity (Wildman–Crippen MR) is 141 cm³/mol. The summed E-state index contributed by atoms with van der Waals surface area (Å²) in [6, 6.07) is 15.1.